The van der Waals surface area contributed by atoms with E-state index in [0.29, 0.717) is 12.3 Å². The fourth-order valence-corrected chi connectivity index (χ4v) is 2.85. The standard InChI is InChI=1S/C23H31N5O3/c1-5-6-7-14-30-20-12-9-11-19(15-20)18(3)26-31-16-21-17(2)10-8-13-22(21)25-23(29)28(4)27-24/h8-13,15,24H,5-7,14,16H2,1-4H3,(H,25,29)/b26-18-,27-24?. The van der Waals surface area contributed by atoms with Crippen LogP contribution in [-0.2, 0) is 11.4 Å². The van der Waals surface area contributed by atoms with Gasteiger partial charge < -0.3 is 14.9 Å². The first-order valence-corrected chi connectivity index (χ1v) is 10.4. The fourth-order valence-electron chi connectivity index (χ4n) is 2.85. The summed E-state index contributed by atoms with van der Waals surface area (Å²) in [6, 6.07) is 12.8. The molecule has 31 heavy (non-hydrogen) atoms. The first-order chi connectivity index (χ1) is 15.0. The van der Waals surface area contributed by atoms with Gasteiger partial charge >= 0.3 is 6.03 Å². The summed E-state index contributed by atoms with van der Waals surface area (Å²) in [5.41, 5.74) is 11.0. The van der Waals surface area contributed by atoms with Crippen LogP contribution in [0.4, 0.5) is 10.5 Å². The number of ether oxygens (including phenoxy) is 1. The van der Waals surface area contributed by atoms with Crippen molar-refractivity contribution in [2.75, 3.05) is 19.0 Å². The Hall–Kier alpha value is -3.42. The number of nitrogens with zero attached hydrogens (tertiary/aromatic N) is 3. The van der Waals surface area contributed by atoms with Crippen LogP contribution in [0.5, 0.6) is 5.75 Å². The third-order valence-electron chi connectivity index (χ3n) is 4.77. The summed E-state index contributed by atoms with van der Waals surface area (Å²) in [6.07, 6.45) is 3.36. The molecule has 0 saturated carbocycles. The van der Waals surface area contributed by atoms with Gasteiger partial charge in [0.05, 0.1) is 12.3 Å². The molecule has 2 aromatic carbocycles. The molecule has 0 atom stereocenters. The number of unbranched alkanes of at least 4 members (excludes halogenated alkanes) is 2. The van der Waals surface area contributed by atoms with Crippen molar-refractivity contribution in [1.29, 1.82) is 5.53 Å². The molecule has 166 valence electrons. The number of hydrogen-bond donors (Lipinski definition) is 2. The van der Waals surface area contributed by atoms with E-state index in [9.17, 15) is 4.79 Å². The number of rotatable bonds is 11. The van der Waals surface area contributed by atoms with E-state index in [1.807, 2.05) is 50.2 Å². The maximum absolute atomic E-state index is 12.0. The van der Waals surface area contributed by atoms with E-state index in [-0.39, 0.29) is 6.61 Å². The Balaban J connectivity index is 2.03. The van der Waals surface area contributed by atoms with Gasteiger partial charge in [0.2, 0.25) is 0 Å². The van der Waals surface area contributed by atoms with Gasteiger partial charge in [-0.15, -0.1) is 0 Å². The normalized spacial score (nSPS) is 11.0. The van der Waals surface area contributed by atoms with Gasteiger partial charge in [0, 0.05) is 23.9 Å². The maximum atomic E-state index is 12.0. The molecule has 2 N–H and O–H groups in total. The summed E-state index contributed by atoms with van der Waals surface area (Å²) in [5, 5.41) is 11.0. The topological polar surface area (TPSA) is 99.4 Å². The molecule has 0 aliphatic heterocycles. The van der Waals surface area contributed by atoms with Crippen LogP contribution >= 0.6 is 0 Å². The first kappa shape index (κ1) is 23.9. The molecule has 2 rings (SSSR count). The quantitative estimate of drug-likeness (QED) is 0.202. The number of benzene rings is 2. The molecule has 0 aromatic heterocycles. The van der Waals surface area contributed by atoms with Crippen LogP contribution in [0.3, 0.4) is 0 Å². The summed E-state index contributed by atoms with van der Waals surface area (Å²) in [5.74, 6) is 0.816. The number of hydrogen-bond acceptors (Lipinski definition) is 6. The Bertz CT molecular complexity index is 914. The predicted molar refractivity (Wildman–Crippen MR) is 122 cm³/mol. The van der Waals surface area contributed by atoms with Crippen molar-refractivity contribution in [2.24, 2.45) is 10.4 Å². The Morgan fingerprint density at radius 3 is 2.71 bits per heavy atom. The molecule has 0 heterocycles. The van der Waals surface area contributed by atoms with Gasteiger partial charge in [-0.1, -0.05) is 54.4 Å². The molecule has 2 aromatic rings. The molecule has 0 bridgehead atoms. The van der Waals surface area contributed by atoms with E-state index in [4.69, 9.17) is 15.1 Å². The van der Waals surface area contributed by atoms with Crippen LogP contribution in [0.25, 0.3) is 0 Å². The van der Waals surface area contributed by atoms with Crippen molar-refractivity contribution in [2.45, 2.75) is 46.6 Å². The number of aryl methyl sites for hydroxylation is 1. The van der Waals surface area contributed by atoms with Crippen LogP contribution < -0.4 is 10.1 Å². The maximum Gasteiger partial charge on any atom is 0.343 e. The SMILES string of the molecule is CCCCCOc1cccc(/C(C)=N\OCc2c(C)cccc2NC(=O)N(C)N=N)c1. The molecule has 0 aliphatic rings. The average Bonchev–Trinajstić information content (AvgIpc) is 2.78. The number of urea groups is 1. The fraction of sp³-hybridized carbons (Fsp3) is 0.391. The van der Waals surface area contributed by atoms with Crippen molar-refractivity contribution in [3.63, 3.8) is 0 Å². The highest BCUT2D eigenvalue weighted by Gasteiger charge is 2.12. The Kier molecular flexibility index (Phi) is 9.48. The molecule has 2 amide bonds. The van der Waals surface area contributed by atoms with Gasteiger partial charge in [-0.05, 0) is 44.0 Å². The summed E-state index contributed by atoms with van der Waals surface area (Å²) in [7, 11) is 1.41. The van der Waals surface area contributed by atoms with Crippen molar-refractivity contribution in [3.05, 3.63) is 59.2 Å². The highest BCUT2D eigenvalue weighted by atomic mass is 16.6. The van der Waals surface area contributed by atoms with Crippen molar-refractivity contribution < 1.29 is 14.4 Å². The zero-order chi connectivity index (χ0) is 22.6. The third kappa shape index (κ3) is 7.40. The third-order valence-corrected chi connectivity index (χ3v) is 4.77. The molecule has 0 radical (unpaired) electrons. The molecule has 0 aliphatic carbocycles. The Labute approximate surface area is 183 Å². The molecular weight excluding hydrogens is 394 g/mol. The molecular formula is C23H31N5O3. The minimum absolute atomic E-state index is 0.189. The molecule has 8 nitrogen and oxygen atoms in total. The molecule has 0 unspecified atom stereocenters. The second-order valence-corrected chi connectivity index (χ2v) is 7.19. The highest BCUT2D eigenvalue weighted by molar-refractivity contribution is 5.98. The van der Waals surface area contributed by atoms with Crippen LogP contribution in [0.15, 0.2) is 52.8 Å². The summed E-state index contributed by atoms with van der Waals surface area (Å²) in [4.78, 5) is 17.6. The number of carbonyl (C=O) groups excluding carboxylic acids is 1. The average molecular weight is 426 g/mol. The van der Waals surface area contributed by atoms with E-state index in [1.165, 1.54) is 7.05 Å². The van der Waals surface area contributed by atoms with Gasteiger partial charge in [0.1, 0.15) is 12.4 Å². The lowest BCUT2D eigenvalue weighted by Crippen LogP contribution is -2.26. The summed E-state index contributed by atoms with van der Waals surface area (Å²) >= 11 is 0. The lowest BCUT2D eigenvalue weighted by Gasteiger charge is -2.15. The number of amides is 2. The first-order valence-electron chi connectivity index (χ1n) is 10.4. The minimum Gasteiger partial charge on any atom is -0.494 e. The van der Waals surface area contributed by atoms with E-state index in [2.05, 4.69) is 22.6 Å². The van der Waals surface area contributed by atoms with Crippen LogP contribution in [0.2, 0.25) is 0 Å². The van der Waals surface area contributed by atoms with Crippen molar-refractivity contribution >= 4 is 17.4 Å². The zero-order valence-corrected chi connectivity index (χ0v) is 18.6. The van der Waals surface area contributed by atoms with Gasteiger partial charge in [-0.25, -0.2) is 4.79 Å². The zero-order valence-electron chi connectivity index (χ0n) is 18.6. The van der Waals surface area contributed by atoms with Crippen LogP contribution in [0.1, 0.15) is 49.8 Å². The number of oxime groups is 1. The Morgan fingerprint density at radius 2 is 1.97 bits per heavy atom. The van der Waals surface area contributed by atoms with E-state index in [1.54, 1.807) is 6.07 Å². The van der Waals surface area contributed by atoms with E-state index < -0.39 is 6.03 Å². The lowest BCUT2D eigenvalue weighted by atomic mass is 10.1. The Morgan fingerprint density at radius 1 is 1.19 bits per heavy atom. The van der Waals surface area contributed by atoms with Gasteiger partial charge in [0.25, 0.3) is 0 Å². The largest absolute Gasteiger partial charge is 0.494 e. The lowest BCUT2D eigenvalue weighted by molar-refractivity contribution is 0.130. The number of nitrogens with one attached hydrogen (secondary N) is 2. The number of carbonyl (C=O) groups is 1. The monoisotopic (exact) mass is 425 g/mol. The predicted octanol–water partition coefficient (Wildman–Crippen LogP) is 5.91. The smallest absolute Gasteiger partial charge is 0.343 e. The van der Waals surface area contributed by atoms with Crippen LogP contribution in [-0.4, -0.2) is 30.4 Å². The van der Waals surface area contributed by atoms with Crippen molar-refractivity contribution in [3.8, 4) is 5.75 Å². The highest BCUT2D eigenvalue weighted by Crippen LogP contribution is 2.22. The van der Waals surface area contributed by atoms with Crippen LogP contribution in [0, 0.1) is 12.5 Å². The summed E-state index contributed by atoms with van der Waals surface area (Å²) in [6.45, 7) is 6.87. The molecule has 0 spiro atoms. The van der Waals surface area contributed by atoms with Gasteiger partial charge in [-0.2, -0.15) is 10.5 Å². The van der Waals surface area contributed by atoms with Gasteiger partial charge in [-0.3, -0.25) is 0 Å². The van der Waals surface area contributed by atoms with Crippen molar-refractivity contribution in [1.82, 2.24) is 5.01 Å². The van der Waals surface area contributed by atoms with E-state index in [0.717, 1.165) is 52.4 Å². The minimum atomic E-state index is -0.503. The molecule has 0 fully saturated rings. The molecule has 8 heteroatoms. The molecule has 0 saturated heterocycles. The second-order valence-electron chi connectivity index (χ2n) is 7.19. The summed E-state index contributed by atoms with van der Waals surface area (Å²) < 4.78 is 5.81. The number of anilines is 1. The second kappa shape index (κ2) is 12.3. The van der Waals surface area contributed by atoms with E-state index >= 15 is 0 Å². The van der Waals surface area contributed by atoms with Gasteiger partial charge in [0.15, 0.2) is 0 Å².